The second-order valence-corrected chi connectivity index (χ2v) is 5.83. The van der Waals surface area contributed by atoms with Crippen LogP contribution in [-0.2, 0) is 11.2 Å². The molecular formula is C17H25N3O. The quantitative estimate of drug-likeness (QED) is 0.828. The van der Waals surface area contributed by atoms with Crippen LogP contribution in [0.3, 0.4) is 0 Å². The van der Waals surface area contributed by atoms with Crippen molar-refractivity contribution in [2.45, 2.75) is 53.0 Å². The fourth-order valence-corrected chi connectivity index (χ4v) is 2.68. The van der Waals surface area contributed by atoms with Gasteiger partial charge in [-0.3, -0.25) is 4.79 Å². The van der Waals surface area contributed by atoms with Gasteiger partial charge in [-0.2, -0.15) is 0 Å². The largest absolute Gasteiger partial charge is 0.356 e. The van der Waals surface area contributed by atoms with Crippen molar-refractivity contribution >= 4 is 16.9 Å². The van der Waals surface area contributed by atoms with E-state index in [4.69, 9.17) is 0 Å². The molecule has 2 rings (SSSR count). The van der Waals surface area contributed by atoms with E-state index < -0.39 is 0 Å². The molecule has 0 spiro atoms. The Labute approximate surface area is 126 Å². The normalized spacial score (nSPS) is 11.3. The Morgan fingerprint density at radius 2 is 2.14 bits per heavy atom. The van der Waals surface area contributed by atoms with Crippen LogP contribution in [0, 0.1) is 6.92 Å². The van der Waals surface area contributed by atoms with Crippen LogP contribution in [0.5, 0.6) is 0 Å². The van der Waals surface area contributed by atoms with Crippen LogP contribution in [0.4, 0.5) is 0 Å². The average Bonchev–Trinajstić information content (AvgIpc) is 2.74. The molecular weight excluding hydrogens is 262 g/mol. The van der Waals surface area contributed by atoms with E-state index >= 15 is 0 Å². The van der Waals surface area contributed by atoms with Crippen molar-refractivity contribution in [1.82, 2.24) is 14.9 Å². The molecule has 0 aliphatic carbocycles. The van der Waals surface area contributed by atoms with E-state index in [1.54, 1.807) is 0 Å². The number of benzene rings is 1. The van der Waals surface area contributed by atoms with Gasteiger partial charge in [0.1, 0.15) is 5.82 Å². The zero-order chi connectivity index (χ0) is 15.4. The molecule has 4 nitrogen and oxygen atoms in total. The summed E-state index contributed by atoms with van der Waals surface area (Å²) < 4.78 is 2.22. The number of hydrogen-bond donors (Lipinski definition) is 1. The maximum Gasteiger partial charge on any atom is 0.224 e. The number of rotatable bonds is 6. The summed E-state index contributed by atoms with van der Waals surface area (Å²) in [6.07, 6.45) is 2.55. The molecule has 0 radical (unpaired) electrons. The molecule has 0 aliphatic heterocycles. The van der Waals surface area contributed by atoms with E-state index in [2.05, 4.69) is 41.7 Å². The fourth-order valence-electron chi connectivity index (χ4n) is 2.68. The summed E-state index contributed by atoms with van der Waals surface area (Å²) in [6.45, 7) is 9.22. The second kappa shape index (κ2) is 6.74. The first-order chi connectivity index (χ1) is 10.0. The lowest BCUT2D eigenvalue weighted by atomic mass is 10.1. The van der Waals surface area contributed by atoms with Crippen LogP contribution < -0.4 is 5.32 Å². The lowest BCUT2D eigenvalue weighted by Crippen LogP contribution is -2.25. The van der Waals surface area contributed by atoms with Crippen molar-refractivity contribution in [3.8, 4) is 0 Å². The number of aryl methyl sites for hydroxylation is 1. The Bertz CT molecular complexity index is 628. The minimum absolute atomic E-state index is 0.0859. The molecule has 0 saturated carbocycles. The van der Waals surface area contributed by atoms with Gasteiger partial charge in [0.05, 0.1) is 17.5 Å². The van der Waals surface area contributed by atoms with Gasteiger partial charge in [-0.05, 0) is 44.9 Å². The number of nitrogens with zero attached hydrogens (tertiary/aromatic N) is 2. The number of amides is 1. The molecule has 1 amide bonds. The number of nitrogens with one attached hydrogen (secondary N) is 1. The number of hydrogen-bond acceptors (Lipinski definition) is 2. The highest BCUT2D eigenvalue weighted by Gasteiger charge is 2.11. The first kappa shape index (κ1) is 15.5. The second-order valence-electron chi connectivity index (χ2n) is 5.83. The van der Waals surface area contributed by atoms with Crippen molar-refractivity contribution in [3.63, 3.8) is 0 Å². The number of aromatic nitrogens is 2. The molecule has 1 aromatic heterocycles. The monoisotopic (exact) mass is 287 g/mol. The highest BCUT2D eigenvalue weighted by Crippen LogP contribution is 2.21. The van der Waals surface area contributed by atoms with E-state index in [1.807, 2.05) is 19.1 Å². The van der Waals surface area contributed by atoms with Crippen molar-refractivity contribution in [1.29, 1.82) is 0 Å². The molecule has 1 N–H and O–H groups in total. The summed E-state index contributed by atoms with van der Waals surface area (Å²) >= 11 is 0. The average molecular weight is 287 g/mol. The van der Waals surface area contributed by atoms with Crippen LogP contribution in [0.1, 0.15) is 51.0 Å². The van der Waals surface area contributed by atoms with E-state index in [0.29, 0.717) is 12.5 Å². The van der Waals surface area contributed by atoms with Crippen molar-refractivity contribution < 1.29 is 4.79 Å². The first-order valence-corrected chi connectivity index (χ1v) is 7.77. The molecule has 2 aromatic rings. The van der Waals surface area contributed by atoms with Crippen LogP contribution in [-0.4, -0.2) is 22.0 Å². The molecule has 21 heavy (non-hydrogen) atoms. The van der Waals surface area contributed by atoms with Crippen LogP contribution in [0.15, 0.2) is 18.2 Å². The minimum Gasteiger partial charge on any atom is -0.356 e. The van der Waals surface area contributed by atoms with Gasteiger partial charge in [0.25, 0.3) is 0 Å². The minimum atomic E-state index is 0.0859. The van der Waals surface area contributed by atoms with E-state index in [0.717, 1.165) is 41.8 Å². The Balaban J connectivity index is 2.14. The third-order valence-corrected chi connectivity index (χ3v) is 3.66. The fraction of sp³-hybridized carbons (Fsp3) is 0.529. The van der Waals surface area contributed by atoms with Gasteiger partial charge in [0, 0.05) is 12.6 Å². The number of unbranched alkanes of at least 4 members (excludes halogenated alkanes) is 1. The van der Waals surface area contributed by atoms with Gasteiger partial charge in [0.15, 0.2) is 0 Å². The van der Waals surface area contributed by atoms with E-state index in [-0.39, 0.29) is 5.91 Å². The number of imidazole rings is 1. The van der Waals surface area contributed by atoms with Gasteiger partial charge < -0.3 is 9.88 Å². The summed E-state index contributed by atoms with van der Waals surface area (Å²) in [6, 6.07) is 6.52. The highest BCUT2D eigenvalue weighted by molar-refractivity contribution is 5.82. The lowest BCUT2D eigenvalue weighted by molar-refractivity contribution is -0.120. The van der Waals surface area contributed by atoms with Gasteiger partial charge in [-0.15, -0.1) is 0 Å². The zero-order valence-electron chi connectivity index (χ0n) is 13.4. The Kier molecular flexibility index (Phi) is 4.99. The Hall–Kier alpha value is -1.84. The number of carbonyl (C=O) groups excluding carboxylic acids is 1. The lowest BCUT2D eigenvalue weighted by Gasteiger charge is -2.10. The van der Waals surface area contributed by atoms with Crippen LogP contribution in [0.25, 0.3) is 11.0 Å². The van der Waals surface area contributed by atoms with Gasteiger partial charge in [-0.25, -0.2) is 4.98 Å². The molecule has 0 unspecified atom stereocenters. The summed E-state index contributed by atoms with van der Waals surface area (Å²) in [7, 11) is 0. The van der Waals surface area contributed by atoms with E-state index in [9.17, 15) is 4.79 Å². The third kappa shape index (κ3) is 3.63. The van der Waals surface area contributed by atoms with Crippen LogP contribution in [0.2, 0.25) is 0 Å². The smallest absolute Gasteiger partial charge is 0.224 e. The molecule has 4 heteroatoms. The summed E-state index contributed by atoms with van der Waals surface area (Å²) in [5.74, 6) is 1.10. The molecule has 0 fully saturated rings. The topological polar surface area (TPSA) is 46.9 Å². The molecule has 1 aromatic carbocycles. The molecule has 0 atom stereocenters. The molecule has 0 saturated heterocycles. The first-order valence-electron chi connectivity index (χ1n) is 7.77. The molecule has 1 heterocycles. The van der Waals surface area contributed by atoms with Crippen molar-refractivity contribution in [3.05, 3.63) is 29.6 Å². The molecule has 0 bridgehead atoms. The predicted molar refractivity (Wildman–Crippen MR) is 86.5 cm³/mol. The van der Waals surface area contributed by atoms with Crippen molar-refractivity contribution in [2.24, 2.45) is 0 Å². The van der Waals surface area contributed by atoms with Crippen molar-refractivity contribution in [2.75, 3.05) is 6.54 Å². The number of fused-ring (bicyclic) bond motifs is 1. The summed E-state index contributed by atoms with van der Waals surface area (Å²) in [5.41, 5.74) is 3.13. The van der Waals surface area contributed by atoms with Gasteiger partial charge >= 0.3 is 0 Å². The van der Waals surface area contributed by atoms with Gasteiger partial charge in [0.2, 0.25) is 5.91 Å². The highest BCUT2D eigenvalue weighted by atomic mass is 16.1. The maximum absolute atomic E-state index is 11.9. The summed E-state index contributed by atoms with van der Waals surface area (Å²) in [5, 5.41) is 2.95. The molecule has 0 aliphatic rings. The zero-order valence-corrected chi connectivity index (χ0v) is 13.4. The SMILES string of the molecule is CCCCNC(=O)Cc1ccc2c(c1)nc(C)n2C(C)C. The van der Waals surface area contributed by atoms with Gasteiger partial charge in [-0.1, -0.05) is 19.4 Å². The standard InChI is InChI=1S/C17H25N3O/c1-5-6-9-18-17(21)11-14-7-8-16-15(10-14)19-13(4)20(16)12(2)3/h7-8,10,12H,5-6,9,11H2,1-4H3,(H,18,21). The molecule has 114 valence electrons. The maximum atomic E-state index is 11.9. The summed E-state index contributed by atoms with van der Waals surface area (Å²) in [4.78, 5) is 16.5. The predicted octanol–water partition coefficient (Wildman–Crippen LogP) is 3.38. The Morgan fingerprint density at radius 3 is 2.81 bits per heavy atom. The van der Waals surface area contributed by atoms with E-state index in [1.165, 1.54) is 0 Å². The number of carbonyl (C=O) groups is 1. The van der Waals surface area contributed by atoms with Crippen LogP contribution >= 0.6 is 0 Å². The Morgan fingerprint density at radius 1 is 1.38 bits per heavy atom. The third-order valence-electron chi connectivity index (χ3n) is 3.66.